The van der Waals surface area contributed by atoms with Gasteiger partial charge in [0.25, 0.3) is 0 Å². The van der Waals surface area contributed by atoms with Gasteiger partial charge < -0.3 is 9.84 Å². The van der Waals surface area contributed by atoms with E-state index in [2.05, 4.69) is 20.7 Å². The van der Waals surface area contributed by atoms with Gasteiger partial charge in [0.05, 0.1) is 19.1 Å². The summed E-state index contributed by atoms with van der Waals surface area (Å²) in [6.07, 6.45) is 0.177. The number of benzene rings is 1. The van der Waals surface area contributed by atoms with Crippen LogP contribution in [0, 0.1) is 0 Å². The number of carboxylic acids is 1. The van der Waals surface area contributed by atoms with Gasteiger partial charge in [-0.3, -0.25) is 4.79 Å². The molecule has 1 aromatic heterocycles. The van der Waals surface area contributed by atoms with Crippen LogP contribution in [0.3, 0.4) is 0 Å². The summed E-state index contributed by atoms with van der Waals surface area (Å²) >= 11 is 4.91. The lowest BCUT2D eigenvalue weighted by Gasteiger charge is -2.05. The SMILES string of the molecule is COC(=O)Cc1c(Br)csc1-c1ccc(C(=O)O)cc1. The first kappa shape index (κ1) is 14.7. The van der Waals surface area contributed by atoms with Crippen molar-refractivity contribution in [1.29, 1.82) is 0 Å². The van der Waals surface area contributed by atoms with Crippen molar-refractivity contribution in [1.82, 2.24) is 0 Å². The highest BCUT2D eigenvalue weighted by Crippen LogP contribution is 2.36. The molecule has 0 spiro atoms. The van der Waals surface area contributed by atoms with E-state index in [1.165, 1.54) is 18.4 Å². The minimum atomic E-state index is -0.960. The molecule has 0 saturated heterocycles. The minimum absolute atomic E-state index is 0.177. The first-order valence-electron chi connectivity index (χ1n) is 5.69. The first-order chi connectivity index (χ1) is 9.52. The molecule has 0 aliphatic rings. The Labute approximate surface area is 128 Å². The van der Waals surface area contributed by atoms with Crippen LogP contribution < -0.4 is 0 Å². The number of hydrogen-bond acceptors (Lipinski definition) is 4. The zero-order valence-corrected chi connectivity index (χ0v) is 13.0. The van der Waals surface area contributed by atoms with Gasteiger partial charge in [0.2, 0.25) is 0 Å². The van der Waals surface area contributed by atoms with Crippen LogP contribution in [0.1, 0.15) is 15.9 Å². The third-order valence-corrected chi connectivity index (χ3v) is 4.87. The molecule has 6 heteroatoms. The Hall–Kier alpha value is -1.66. The van der Waals surface area contributed by atoms with Crippen molar-refractivity contribution in [2.24, 2.45) is 0 Å². The molecular formula is C14H11BrO4S. The van der Waals surface area contributed by atoms with E-state index in [0.29, 0.717) is 0 Å². The van der Waals surface area contributed by atoms with Crippen molar-refractivity contribution in [3.05, 3.63) is 45.2 Å². The number of aromatic carboxylic acids is 1. The number of ether oxygens (including phenoxy) is 1. The molecule has 1 N–H and O–H groups in total. The summed E-state index contributed by atoms with van der Waals surface area (Å²) in [6, 6.07) is 6.57. The summed E-state index contributed by atoms with van der Waals surface area (Å²) in [4.78, 5) is 23.2. The highest BCUT2D eigenvalue weighted by atomic mass is 79.9. The molecule has 2 aromatic rings. The van der Waals surface area contributed by atoms with Crippen LogP contribution in [0.25, 0.3) is 10.4 Å². The molecular weight excluding hydrogens is 344 g/mol. The molecule has 0 bridgehead atoms. The van der Waals surface area contributed by atoms with E-state index in [0.717, 1.165) is 20.5 Å². The predicted molar refractivity (Wildman–Crippen MR) is 80.1 cm³/mol. The van der Waals surface area contributed by atoms with Crippen LogP contribution in [0.5, 0.6) is 0 Å². The van der Waals surface area contributed by atoms with E-state index in [4.69, 9.17) is 5.11 Å². The standard InChI is InChI=1S/C14H11BrO4S/c1-19-12(16)6-10-11(15)7-20-13(10)8-2-4-9(5-3-8)14(17)18/h2-5,7H,6H2,1H3,(H,17,18). The van der Waals surface area contributed by atoms with Crippen LogP contribution in [-0.4, -0.2) is 24.2 Å². The van der Waals surface area contributed by atoms with Gasteiger partial charge in [-0.25, -0.2) is 4.79 Å². The van der Waals surface area contributed by atoms with Gasteiger partial charge in [0.15, 0.2) is 0 Å². The molecule has 0 aliphatic heterocycles. The molecule has 0 radical (unpaired) electrons. The maximum Gasteiger partial charge on any atom is 0.335 e. The summed E-state index contributed by atoms with van der Waals surface area (Å²) in [5, 5.41) is 10.8. The molecule has 2 rings (SSSR count). The molecule has 0 unspecified atom stereocenters. The fourth-order valence-corrected chi connectivity index (χ4v) is 3.46. The Morgan fingerprint density at radius 2 is 1.95 bits per heavy atom. The van der Waals surface area contributed by atoms with E-state index in [9.17, 15) is 9.59 Å². The number of carboxylic acid groups (broad SMARTS) is 1. The van der Waals surface area contributed by atoms with E-state index >= 15 is 0 Å². The van der Waals surface area contributed by atoms with Crippen molar-refractivity contribution < 1.29 is 19.4 Å². The maximum absolute atomic E-state index is 11.4. The lowest BCUT2D eigenvalue weighted by atomic mass is 10.1. The van der Waals surface area contributed by atoms with Gasteiger partial charge >= 0.3 is 11.9 Å². The Morgan fingerprint density at radius 1 is 1.30 bits per heavy atom. The summed E-state index contributed by atoms with van der Waals surface area (Å²) < 4.78 is 5.54. The normalized spacial score (nSPS) is 10.3. The predicted octanol–water partition coefficient (Wildman–Crippen LogP) is 3.59. The second-order valence-corrected chi connectivity index (χ2v) is 5.76. The van der Waals surface area contributed by atoms with Crippen molar-refractivity contribution in [3.63, 3.8) is 0 Å². The van der Waals surface area contributed by atoms with E-state index < -0.39 is 5.97 Å². The third kappa shape index (κ3) is 3.08. The summed E-state index contributed by atoms with van der Waals surface area (Å²) in [6.45, 7) is 0. The topological polar surface area (TPSA) is 63.6 Å². The largest absolute Gasteiger partial charge is 0.478 e. The van der Waals surface area contributed by atoms with Crippen molar-refractivity contribution >= 4 is 39.2 Å². The van der Waals surface area contributed by atoms with Gasteiger partial charge in [-0.15, -0.1) is 11.3 Å². The third-order valence-electron chi connectivity index (χ3n) is 2.79. The number of thiophene rings is 1. The average molecular weight is 355 g/mol. The van der Waals surface area contributed by atoms with Gasteiger partial charge in [-0.1, -0.05) is 12.1 Å². The molecule has 0 atom stereocenters. The van der Waals surface area contributed by atoms with E-state index in [1.54, 1.807) is 24.3 Å². The van der Waals surface area contributed by atoms with Gasteiger partial charge in [-0.05, 0) is 39.2 Å². The van der Waals surface area contributed by atoms with Crippen LogP contribution in [0.4, 0.5) is 0 Å². The first-order valence-corrected chi connectivity index (χ1v) is 7.36. The number of carbonyl (C=O) groups is 2. The molecule has 0 amide bonds. The molecule has 4 nitrogen and oxygen atoms in total. The van der Waals surface area contributed by atoms with Crippen LogP contribution in [0.2, 0.25) is 0 Å². The van der Waals surface area contributed by atoms with E-state index in [-0.39, 0.29) is 18.0 Å². The fraction of sp³-hybridized carbons (Fsp3) is 0.143. The van der Waals surface area contributed by atoms with E-state index in [1.807, 2.05) is 5.38 Å². The number of halogens is 1. The highest BCUT2D eigenvalue weighted by Gasteiger charge is 2.16. The Kier molecular flexibility index (Phi) is 4.57. The zero-order valence-electron chi connectivity index (χ0n) is 10.6. The fourth-order valence-electron chi connectivity index (χ4n) is 1.75. The maximum atomic E-state index is 11.4. The monoisotopic (exact) mass is 354 g/mol. The Balaban J connectivity index is 2.37. The lowest BCUT2D eigenvalue weighted by Crippen LogP contribution is -2.05. The highest BCUT2D eigenvalue weighted by molar-refractivity contribution is 9.10. The number of hydrogen-bond donors (Lipinski definition) is 1. The molecule has 0 saturated carbocycles. The average Bonchev–Trinajstić information content (AvgIpc) is 2.80. The second-order valence-electron chi connectivity index (χ2n) is 4.03. The summed E-state index contributed by atoms with van der Waals surface area (Å²) in [5.41, 5.74) is 1.97. The quantitative estimate of drug-likeness (QED) is 0.852. The molecule has 20 heavy (non-hydrogen) atoms. The minimum Gasteiger partial charge on any atom is -0.478 e. The Morgan fingerprint density at radius 3 is 2.50 bits per heavy atom. The molecule has 1 heterocycles. The molecule has 0 fully saturated rings. The second kappa shape index (κ2) is 6.19. The lowest BCUT2D eigenvalue weighted by molar-refractivity contribution is -0.139. The molecule has 0 aliphatic carbocycles. The Bertz CT molecular complexity index is 646. The molecule has 1 aromatic carbocycles. The van der Waals surface area contributed by atoms with Crippen LogP contribution >= 0.6 is 27.3 Å². The smallest absolute Gasteiger partial charge is 0.335 e. The van der Waals surface area contributed by atoms with Crippen molar-refractivity contribution in [2.45, 2.75) is 6.42 Å². The molecule has 104 valence electrons. The number of methoxy groups -OCH3 is 1. The van der Waals surface area contributed by atoms with Gasteiger partial charge in [-0.2, -0.15) is 0 Å². The summed E-state index contributed by atoms with van der Waals surface area (Å²) in [7, 11) is 1.35. The van der Waals surface area contributed by atoms with Crippen molar-refractivity contribution in [3.8, 4) is 10.4 Å². The number of rotatable bonds is 4. The van der Waals surface area contributed by atoms with Gasteiger partial charge in [0, 0.05) is 14.7 Å². The van der Waals surface area contributed by atoms with Crippen LogP contribution in [0.15, 0.2) is 34.1 Å². The van der Waals surface area contributed by atoms with Gasteiger partial charge in [0.1, 0.15) is 0 Å². The summed E-state index contributed by atoms with van der Waals surface area (Å²) in [5.74, 6) is -1.27. The number of carbonyl (C=O) groups excluding carboxylic acids is 1. The van der Waals surface area contributed by atoms with Crippen molar-refractivity contribution in [2.75, 3.05) is 7.11 Å². The van der Waals surface area contributed by atoms with Crippen LogP contribution in [-0.2, 0) is 16.0 Å². The zero-order chi connectivity index (χ0) is 14.7. The number of esters is 1.